The lowest BCUT2D eigenvalue weighted by Gasteiger charge is -2.28. The molecule has 0 radical (unpaired) electrons. The molecular formula is C40H66N8O13S2. The van der Waals surface area contributed by atoms with Crippen LogP contribution in [0.25, 0.3) is 0 Å². The topological polar surface area (TPSA) is 241 Å². The van der Waals surface area contributed by atoms with E-state index in [2.05, 4.69) is 37.9 Å². The minimum absolute atomic E-state index is 0.116. The van der Waals surface area contributed by atoms with Gasteiger partial charge >= 0.3 is 11.9 Å². The summed E-state index contributed by atoms with van der Waals surface area (Å²) in [6.07, 6.45) is -4.22. The van der Waals surface area contributed by atoms with Crippen molar-refractivity contribution in [3.05, 3.63) is 0 Å². The van der Waals surface area contributed by atoms with Crippen LogP contribution in [-0.4, -0.2) is 174 Å². The van der Waals surface area contributed by atoms with Crippen LogP contribution >= 0.6 is 23.5 Å². The molecule has 2 aromatic heterocycles. The molecule has 0 aromatic carbocycles. The third kappa shape index (κ3) is 19.8. The third-order valence-electron chi connectivity index (χ3n) is 9.00. The van der Waals surface area contributed by atoms with Crippen LogP contribution in [0.3, 0.4) is 0 Å². The van der Waals surface area contributed by atoms with Crippen LogP contribution in [0.15, 0.2) is 0 Å². The van der Waals surface area contributed by atoms with Crippen molar-refractivity contribution in [3.8, 4) is 11.8 Å². The molecule has 2 aromatic rings. The summed E-state index contributed by atoms with van der Waals surface area (Å²) in [6, 6.07) is 0. The molecule has 23 heteroatoms. The minimum atomic E-state index is -1.17. The summed E-state index contributed by atoms with van der Waals surface area (Å²) in [7, 11) is 0. The molecule has 0 aliphatic carbocycles. The maximum Gasteiger partial charge on any atom is 0.335 e. The zero-order valence-electron chi connectivity index (χ0n) is 38.3. The van der Waals surface area contributed by atoms with Gasteiger partial charge in [0.15, 0.2) is 36.5 Å². The molecule has 0 saturated carbocycles. The van der Waals surface area contributed by atoms with Gasteiger partial charge in [-0.3, -0.25) is 14.4 Å². The molecule has 2 aliphatic heterocycles. The Morgan fingerprint density at radius 2 is 1.06 bits per heavy atom. The van der Waals surface area contributed by atoms with Crippen molar-refractivity contribution in [1.82, 2.24) is 28.1 Å². The van der Waals surface area contributed by atoms with Crippen LogP contribution in [0.1, 0.15) is 76.2 Å². The number of aromatic nitrogens is 4. The van der Waals surface area contributed by atoms with Crippen molar-refractivity contribution in [2.24, 2.45) is 0 Å². The van der Waals surface area contributed by atoms with Gasteiger partial charge in [-0.25, -0.2) is 9.59 Å². The molecular weight excluding hydrogens is 865 g/mol. The third-order valence-corrected chi connectivity index (χ3v) is 10.0. The average molecular weight is 931 g/mol. The molecule has 356 valence electrons. The number of carbonyl (C=O) groups excluding carboxylic acids is 5. The Bertz CT molecular complexity index is 1720. The van der Waals surface area contributed by atoms with Gasteiger partial charge in [0.25, 0.3) is 11.8 Å². The Hall–Kier alpha value is -3.97. The molecule has 2 fully saturated rings. The number of hydrogen-bond donors (Lipinski definition) is 2. The first-order chi connectivity index (χ1) is 29.7. The summed E-state index contributed by atoms with van der Waals surface area (Å²) in [5.74, 6) is -0.568. The number of ether oxygens (including phenoxy) is 8. The van der Waals surface area contributed by atoms with E-state index in [9.17, 15) is 24.0 Å². The molecule has 4 rings (SSSR count). The van der Waals surface area contributed by atoms with Gasteiger partial charge in [-0.1, -0.05) is 0 Å². The second-order valence-electron chi connectivity index (χ2n) is 16.9. The summed E-state index contributed by atoms with van der Waals surface area (Å²) in [5.41, 5.74) is -0.326. The van der Waals surface area contributed by atoms with Gasteiger partial charge in [0, 0.05) is 57.3 Å². The predicted molar refractivity (Wildman–Crippen MR) is 234 cm³/mol. The van der Waals surface area contributed by atoms with Gasteiger partial charge in [0.2, 0.25) is 17.4 Å². The SMILES string of the molecule is CC(=O)C(=O)C(C)OC(=O)C(C)OC(CNC(C)(C)C)COc1nsnc1N1CCOCC1.CC(C=O)OC(=O)C(C)OC(CNC(C)(C)C)COc1nsnc1N1CCOCC1. The second-order valence-corrected chi connectivity index (χ2v) is 18.0. The first kappa shape index (κ1) is 53.4. The van der Waals surface area contributed by atoms with Crippen LogP contribution in [0.5, 0.6) is 11.8 Å². The van der Waals surface area contributed by atoms with E-state index in [4.69, 9.17) is 37.9 Å². The molecule has 63 heavy (non-hydrogen) atoms. The highest BCUT2D eigenvalue weighted by atomic mass is 32.1. The average Bonchev–Trinajstić information content (AvgIpc) is 3.92. The van der Waals surface area contributed by atoms with Gasteiger partial charge < -0.3 is 58.3 Å². The van der Waals surface area contributed by atoms with E-state index >= 15 is 0 Å². The number of esters is 2. The van der Waals surface area contributed by atoms with Crippen LogP contribution in [0.2, 0.25) is 0 Å². The Morgan fingerprint density at radius 1 is 0.667 bits per heavy atom. The second kappa shape index (κ2) is 26.1. The van der Waals surface area contributed by atoms with Gasteiger partial charge in [0.05, 0.1) is 49.9 Å². The number of carbonyl (C=O) groups is 5. The zero-order chi connectivity index (χ0) is 46.7. The summed E-state index contributed by atoms with van der Waals surface area (Å²) in [4.78, 5) is 62.3. The van der Waals surface area contributed by atoms with Crippen molar-refractivity contribution >= 4 is 64.9 Å². The molecule has 0 bridgehead atoms. The van der Waals surface area contributed by atoms with Crippen molar-refractivity contribution in [1.29, 1.82) is 0 Å². The first-order valence-corrected chi connectivity index (χ1v) is 22.4. The van der Waals surface area contributed by atoms with Crippen molar-refractivity contribution in [3.63, 3.8) is 0 Å². The highest BCUT2D eigenvalue weighted by Gasteiger charge is 2.30. The molecule has 21 nitrogen and oxygen atoms in total. The predicted octanol–water partition coefficient (Wildman–Crippen LogP) is 2.05. The lowest BCUT2D eigenvalue weighted by molar-refractivity contribution is -0.168. The Kier molecular flexibility index (Phi) is 22.1. The number of nitrogens with one attached hydrogen (secondary N) is 2. The molecule has 4 heterocycles. The van der Waals surface area contributed by atoms with Gasteiger partial charge in [-0.2, -0.15) is 8.75 Å². The number of rotatable bonds is 23. The standard InChI is InChI=1S/C21H34N4O7S.C19H32N4O6S/c1-13(26)17(27)14(2)32-20(28)15(3)31-16(11-22-21(4,5)6)12-30-19-18(23-33-24-19)25-7-9-29-10-8-25;1-13(11-24)28-18(25)14(2)29-15(10-20-19(3,4)5)12-27-17-16(21-30-22-17)23-6-8-26-9-7-23/h14-16,22H,7-12H2,1-6H3;11,13-15,20H,6-10,12H2,1-5H3. The van der Waals surface area contributed by atoms with Crippen LogP contribution in [-0.2, 0) is 52.4 Å². The van der Waals surface area contributed by atoms with E-state index in [0.717, 1.165) is 43.5 Å². The van der Waals surface area contributed by atoms with E-state index in [1.807, 2.05) is 41.5 Å². The monoisotopic (exact) mass is 930 g/mol. The molecule has 2 saturated heterocycles. The fraction of sp³-hybridized carbons (Fsp3) is 0.775. The summed E-state index contributed by atoms with van der Waals surface area (Å²) >= 11 is 2.15. The van der Waals surface area contributed by atoms with Crippen molar-refractivity contribution in [2.45, 2.75) is 124 Å². The lowest BCUT2D eigenvalue weighted by atomic mass is 10.1. The van der Waals surface area contributed by atoms with E-state index in [-0.39, 0.29) is 24.3 Å². The zero-order valence-corrected chi connectivity index (χ0v) is 40.0. The molecule has 2 aliphatic rings. The summed E-state index contributed by atoms with van der Waals surface area (Å²) < 4.78 is 61.7. The number of Topliss-reactive ketones (excluding diaryl/α,β-unsaturated/α-hetero) is 2. The quantitative estimate of drug-likeness (QED) is 0.0921. The highest BCUT2D eigenvalue weighted by molar-refractivity contribution is 6.99. The maximum absolute atomic E-state index is 12.4. The van der Waals surface area contributed by atoms with Crippen LogP contribution in [0, 0.1) is 0 Å². The first-order valence-electron chi connectivity index (χ1n) is 21.0. The number of nitrogens with zero attached hydrogens (tertiary/aromatic N) is 6. The lowest BCUT2D eigenvalue weighted by Crippen LogP contribution is -2.45. The van der Waals surface area contributed by atoms with Gasteiger partial charge in [-0.05, 0) is 69.2 Å². The Labute approximate surface area is 378 Å². The Balaban J connectivity index is 0.000000337. The number of aldehydes is 1. The fourth-order valence-electron chi connectivity index (χ4n) is 5.55. The molecule has 6 atom stereocenters. The summed E-state index contributed by atoms with van der Waals surface area (Å²) in [5, 5.41) is 6.68. The minimum Gasteiger partial charge on any atom is -0.472 e. The number of hydrogen-bond acceptors (Lipinski definition) is 23. The van der Waals surface area contributed by atoms with Gasteiger partial charge in [0.1, 0.15) is 25.4 Å². The Morgan fingerprint density at radius 3 is 1.43 bits per heavy atom. The molecule has 2 N–H and O–H groups in total. The summed E-state index contributed by atoms with van der Waals surface area (Å²) in [6.45, 7) is 25.8. The number of morpholine rings is 2. The molecule has 0 amide bonds. The molecule has 0 spiro atoms. The highest BCUT2D eigenvalue weighted by Crippen LogP contribution is 2.28. The number of ketones is 2. The van der Waals surface area contributed by atoms with Crippen LogP contribution in [0.4, 0.5) is 11.6 Å². The smallest absolute Gasteiger partial charge is 0.335 e. The number of anilines is 2. The molecule has 6 unspecified atom stereocenters. The van der Waals surface area contributed by atoms with E-state index < -0.39 is 60.1 Å². The van der Waals surface area contributed by atoms with E-state index in [1.165, 1.54) is 20.8 Å². The van der Waals surface area contributed by atoms with Gasteiger partial charge in [-0.15, -0.1) is 8.75 Å². The van der Waals surface area contributed by atoms with E-state index in [0.29, 0.717) is 82.3 Å². The maximum atomic E-state index is 12.4. The van der Waals surface area contributed by atoms with Crippen molar-refractivity contribution in [2.75, 3.05) is 88.7 Å². The fourth-order valence-corrected chi connectivity index (χ4v) is 6.59. The largest absolute Gasteiger partial charge is 0.472 e. The van der Waals surface area contributed by atoms with E-state index in [1.54, 1.807) is 6.92 Å². The van der Waals surface area contributed by atoms with Crippen molar-refractivity contribution < 1.29 is 61.9 Å². The van der Waals surface area contributed by atoms with Crippen LogP contribution < -0.4 is 29.9 Å². The normalized spacial score (nSPS) is 17.5.